The average Bonchev–Trinajstić information content (AvgIpc) is 3.10. The molecule has 1 amide bonds. The lowest BCUT2D eigenvalue weighted by molar-refractivity contribution is -0.135. The topological polar surface area (TPSA) is 99.7 Å². The summed E-state index contributed by atoms with van der Waals surface area (Å²) in [6.45, 7) is 0.943. The second kappa shape index (κ2) is 5.32. The normalized spacial score (nSPS) is 19.2. The van der Waals surface area contributed by atoms with Crippen molar-refractivity contribution < 1.29 is 4.79 Å². The van der Waals surface area contributed by atoms with Crippen molar-refractivity contribution in [1.29, 1.82) is 0 Å². The van der Waals surface area contributed by atoms with E-state index in [0.717, 1.165) is 19.3 Å². The molecule has 1 aliphatic rings. The zero-order chi connectivity index (χ0) is 13.9. The molecule has 2 aromatic heterocycles. The number of imidazole rings is 1. The first-order valence-electron chi connectivity index (χ1n) is 6.64. The van der Waals surface area contributed by atoms with Gasteiger partial charge in [-0.05, 0) is 19.3 Å². The van der Waals surface area contributed by atoms with Crippen LogP contribution in [0.4, 0.5) is 0 Å². The number of nitrogens with zero attached hydrogens (tertiary/aromatic N) is 4. The van der Waals surface area contributed by atoms with Gasteiger partial charge in [0.2, 0.25) is 5.91 Å². The van der Waals surface area contributed by atoms with Gasteiger partial charge in [0.1, 0.15) is 6.54 Å². The van der Waals surface area contributed by atoms with Crippen molar-refractivity contribution in [2.24, 2.45) is 0 Å². The summed E-state index contributed by atoms with van der Waals surface area (Å²) in [5, 5.41) is 6.32. The van der Waals surface area contributed by atoms with Crippen LogP contribution in [0.1, 0.15) is 31.1 Å². The number of carbonyl (C=O) groups is 1. The molecule has 0 aromatic carbocycles. The van der Waals surface area contributed by atoms with E-state index in [1.165, 1.54) is 0 Å². The quantitative estimate of drug-likeness (QED) is 0.827. The van der Waals surface area contributed by atoms with Crippen molar-refractivity contribution in [3.8, 4) is 0 Å². The molecule has 1 saturated heterocycles. The van der Waals surface area contributed by atoms with Crippen LogP contribution in [-0.2, 0) is 11.3 Å². The number of nitrogens with one attached hydrogen (secondary N) is 2. The minimum atomic E-state index is -0.340. The molecule has 106 valence electrons. The van der Waals surface area contributed by atoms with Crippen molar-refractivity contribution in [3.05, 3.63) is 35.0 Å². The Morgan fingerprint density at radius 1 is 1.45 bits per heavy atom. The average molecular weight is 276 g/mol. The van der Waals surface area contributed by atoms with Gasteiger partial charge >= 0.3 is 5.69 Å². The van der Waals surface area contributed by atoms with Crippen LogP contribution in [-0.4, -0.2) is 42.1 Å². The number of likely N-dealkylation sites (tertiary alicyclic amines) is 1. The fourth-order valence-electron chi connectivity index (χ4n) is 2.58. The number of H-pyrrole nitrogens is 2. The maximum Gasteiger partial charge on any atom is 0.340 e. The van der Waals surface area contributed by atoms with Crippen LogP contribution in [0.5, 0.6) is 0 Å². The van der Waals surface area contributed by atoms with E-state index in [-0.39, 0.29) is 24.2 Å². The van der Waals surface area contributed by atoms with Gasteiger partial charge in [-0.2, -0.15) is 5.10 Å². The maximum absolute atomic E-state index is 12.4. The van der Waals surface area contributed by atoms with Gasteiger partial charge in [-0.15, -0.1) is 0 Å². The summed E-state index contributed by atoms with van der Waals surface area (Å²) in [5.74, 6) is 0.547. The molecule has 0 aliphatic carbocycles. The number of aromatic amines is 2. The van der Waals surface area contributed by atoms with Gasteiger partial charge in [0, 0.05) is 18.9 Å². The molecule has 1 aliphatic heterocycles. The van der Waals surface area contributed by atoms with Crippen LogP contribution in [0, 0.1) is 0 Å². The lowest BCUT2D eigenvalue weighted by atomic mass is 10.0. The first kappa shape index (κ1) is 12.6. The fourth-order valence-corrected chi connectivity index (χ4v) is 2.58. The largest absolute Gasteiger partial charge is 0.340 e. The number of hydrogen-bond donors (Lipinski definition) is 2. The molecule has 2 N–H and O–H groups in total. The fraction of sp³-hybridized carbons (Fsp3) is 0.500. The molecule has 2 aromatic rings. The Bertz CT molecular complexity index is 628. The molecular weight excluding hydrogens is 260 g/mol. The number of rotatable bonds is 3. The van der Waals surface area contributed by atoms with E-state index in [1.807, 2.05) is 0 Å². The lowest BCUT2D eigenvalue weighted by Crippen LogP contribution is -2.40. The highest BCUT2D eigenvalue weighted by molar-refractivity contribution is 5.76. The lowest BCUT2D eigenvalue weighted by Gasteiger charge is -2.34. The highest BCUT2D eigenvalue weighted by Gasteiger charge is 2.30. The van der Waals surface area contributed by atoms with Crippen molar-refractivity contribution >= 4 is 5.91 Å². The first-order valence-corrected chi connectivity index (χ1v) is 6.64. The van der Waals surface area contributed by atoms with Crippen molar-refractivity contribution in [3.63, 3.8) is 0 Å². The molecule has 1 unspecified atom stereocenters. The van der Waals surface area contributed by atoms with Crippen LogP contribution >= 0.6 is 0 Å². The highest BCUT2D eigenvalue weighted by Crippen LogP contribution is 2.28. The molecule has 1 atom stereocenters. The minimum Gasteiger partial charge on any atom is -0.331 e. The molecule has 8 nitrogen and oxygen atoms in total. The van der Waals surface area contributed by atoms with Gasteiger partial charge in [0.15, 0.2) is 5.82 Å². The summed E-state index contributed by atoms with van der Waals surface area (Å²) in [6.07, 6.45) is 7.83. The smallest absolute Gasteiger partial charge is 0.331 e. The van der Waals surface area contributed by atoms with E-state index in [4.69, 9.17) is 0 Å². The van der Waals surface area contributed by atoms with E-state index in [1.54, 1.807) is 28.2 Å². The Kier molecular flexibility index (Phi) is 3.36. The first-order chi connectivity index (χ1) is 9.74. The molecule has 1 fully saturated rings. The third-order valence-corrected chi connectivity index (χ3v) is 3.54. The number of aromatic nitrogens is 5. The summed E-state index contributed by atoms with van der Waals surface area (Å²) >= 11 is 0. The Morgan fingerprint density at radius 3 is 3.05 bits per heavy atom. The third kappa shape index (κ3) is 2.49. The molecule has 20 heavy (non-hydrogen) atoms. The Morgan fingerprint density at radius 2 is 2.35 bits per heavy atom. The van der Waals surface area contributed by atoms with Crippen molar-refractivity contribution in [2.45, 2.75) is 31.8 Å². The summed E-state index contributed by atoms with van der Waals surface area (Å²) in [7, 11) is 0. The Labute approximate surface area is 114 Å². The highest BCUT2D eigenvalue weighted by atomic mass is 16.2. The van der Waals surface area contributed by atoms with Gasteiger partial charge in [-0.25, -0.2) is 14.9 Å². The molecule has 0 bridgehead atoms. The summed E-state index contributed by atoms with van der Waals surface area (Å²) in [4.78, 5) is 31.9. The van der Waals surface area contributed by atoms with E-state index >= 15 is 0 Å². The monoisotopic (exact) mass is 276 g/mol. The second-order valence-electron chi connectivity index (χ2n) is 4.90. The van der Waals surface area contributed by atoms with Gasteiger partial charge in [0.05, 0.1) is 12.4 Å². The van der Waals surface area contributed by atoms with E-state index in [0.29, 0.717) is 12.4 Å². The number of hydrogen-bond acceptors (Lipinski definition) is 4. The molecule has 0 spiro atoms. The second-order valence-corrected chi connectivity index (χ2v) is 4.90. The standard InChI is InChI=1S/C12H16N6O2/c19-10(7-17-6-4-13-8-17)18-5-2-1-3-9(18)11-14-12(20)16-15-11/h4,6,8-9H,1-3,5,7H2,(H2,14,15,16,20). The van der Waals surface area contributed by atoms with Crippen molar-refractivity contribution in [1.82, 2.24) is 29.6 Å². The predicted octanol–water partition coefficient (Wildman–Crippen LogP) is 0.0483. The van der Waals surface area contributed by atoms with Crippen molar-refractivity contribution in [2.75, 3.05) is 6.54 Å². The van der Waals surface area contributed by atoms with Crippen LogP contribution in [0.2, 0.25) is 0 Å². The molecule has 3 heterocycles. The van der Waals surface area contributed by atoms with E-state index in [2.05, 4.69) is 20.2 Å². The maximum atomic E-state index is 12.4. The minimum absolute atomic E-state index is 0.0107. The van der Waals surface area contributed by atoms with Crippen LogP contribution < -0.4 is 5.69 Å². The summed E-state index contributed by atoms with van der Waals surface area (Å²) < 4.78 is 1.74. The van der Waals surface area contributed by atoms with Crippen LogP contribution in [0.15, 0.2) is 23.5 Å². The molecule has 3 rings (SSSR count). The zero-order valence-electron chi connectivity index (χ0n) is 11.0. The predicted molar refractivity (Wildman–Crippen MR) is 69.7 cm³/mol. The van der Waals surface area contributed by atoms with E-state index < -0.39 is 0 Å². The third-order valence-electron chi connectivity index (χ3n) is 3.54. The van der Waals surface area contributed by atoms with Gasteiger partial charge in [-0.3, -0.25) is 9.78 Å². The number of piperidine rings is 1. The van der Waals surface area contributed by atoms with E-state index in [9.17, 15) is 9.59 Å². The molecule has 0 radical (unpaired) electrons. The Hall–Kier alpha value is -2.38. The zero-order valence-corrected chi connectivity index (χ0v) is 11.0. The SMILES string of the molecule is O=C(Cn1ccnc1)N1CCCCC1c1n[nH]c(=O)[nH]1. The van der Waals surface area contributed by atoms with Gasteiger partial charge in [0.25, 0.3) is 0 Å². The number of amides is 1. The summed E-state index contributed by atoms with van der Waals surface area (Å²) in [6, 6.07) is -0.154. The molecule has 8 heteroatoms. The van der Waals surface area contributed by atoms with Gasteiger partial charge < -0.3 is 9.47 Å². The van der Waals surface area contributed by atoms with Gasteiger partial charge in [-0.1, -0.05) is 0 Å². The van der Waals surface area contributed by atoms with Crippen LogP contribution in [0.25, 0.3) is 0 Å². The number of carbonyl (C=O) groups excluding carboxylic acids is 1. The molecular formula is C12H16N6O2. The summed E-state index contributed by atoms with van der Waals surface area (Å²) in [5.41, 5.74) is -0.340. The molecule has 0 saturated carbocycles. The van der Waals surface area contributed by atoms with Crippen LogP contribution in [0.3, 0.4) is 0 Å². The Balaban J connectivity index is 1.78.